The molecule has 5 rings (SSSR count). The van der Waals surface area contributed by atoms with Crippen LogP contribution in [0.25, 0.3) is 10.9 Å². The van der Waals surface area contributed by atoms with Gasteiger partial charge in [-0.15, -0.1) is 0 Å². The average Bonchev–Trinajstić information content (AvgIpc) is 3.39. The third kappa shape index (κ3) is 4.59. The van der Waals surface area contributed by atoms with Gasteiger partial charge in [0.05, 0.1) is 11.1 Å². The number of aromatic nitrogens is 1. The van der Waals surface area contributed by atoms with Crippen LogP contribution >= 0.6 is 0 Å². The molecule has 2 aliphatic rings. The summed E-state index contributed by atoms with van der Waals surface area (Å²) in [6.07, 6.45) is 6.24. The summed E-state index contributed by atoms with van der Waals surface area (Å²) in [6, 6.07) is 11.9. The predicted octanol–water partition coefficient (Wildman–Crippen LogP) is 5.44. The maximum atomic E-state index is 13.4. The Hall–Kier alpha value is -2.77. The molecule has 0 spiro atoms. The minimum atomic E-state index is -0.923. The average molecular weight is 483 g/mol. The minimum Gasteiger partial charge on any atom is -0.461 e. The van der Waals surface area contributed by atoms with E-state index in [0.717, 1.165) is 48.8 Å². The fourth-order valence-electron chi connectivity index (χ4n) is 6.29. The summed E-state index contributed by atoms with van der Waals surface area (Å²) in [6.45, 7) is 3.14. The first-order chi connectivity index (χ1) is 16.9. The molecule has 2 aromatic carbocycles. The van der Waals surface area contributed by atoms with E-state index in [2.05, 4.69) is 4.90 Å². The molecule has 3 unspecified atom stereocenters. The highest BCUT2D eigenvalue weighted by Crippen LogP contribution is 2.47. The van der Waals surface area contributed by atoms with E-state index in [1.807, 2.05) is 16.8 Å². The van der Waals surface area contributed by atoms with E-state index in [4.69, 9.17) is 4.74 Å². The number of para-hydroxylation sites is 1. The lowest BCUT2D eigenvalue weighted by Crippen LogP contribution is -2.43. The van der Waals surface area contributed by atoms with Gasteiger partial charge >= 0.3 is 0 Å². The third-order valence-electron chi connectivity index (χ3n) is 7.86. The predicted molar refractivity (Wildman–Crippen MR) is 131 cm³/mol. The van der Waals surface area contributed by atoms with Crippen molar-refractivity contribution in [1.82, 2.24) is 9.47 Å². The topological polar surface area (TPSA) is 54.7 Å². The molecule has 2 fully saturated rings. The van der Waals surface area contributed by atoms with Gasteiger partial charge in [-0.25, -0.2) is 8.78 Å². The Labute approximate surface area is 204 Å². The number of ketones is 1. The summed E-state index contributed by atoms with van der Waals surface area (Å²) in [5.41, 5.74) is 1.24. The van der Waals surface area contributed by atoms with E-state index in [0.29, 0.717) is 42.7 Å². The van der Waals surface area contributed by atoms with Crippen LogP contribution in [0.3, 0.4) is 0 Å². The fourth-order valence-corrected chi connectivity index (χ4v) is 6.29. The Bertz CT molecular complexity index is 1210. The quantitative estimate of drug-likeness (QED) is 0.435. The molecular weight excluding hydrogens is 450 g/mol. The first kappa shape index (κ1) is 23.9. The summed E-state index contributed by atoms with van der Waals surface area (Å²) in [7, 11) is 0. The van der Waals surface area contributed by atoms with Gasteiger partial charge in [-0.3, -0.25) is 9.69 Å². The number of alkyl halides is 1. The Morgan fingerprint density at radius 2 is 1.97 bits per heavy atom. The molecule has 1 aliphatic heterocycles. The normalized spacial score (nSPS) is 24.6. The second kappa shape index (κ2) is 9.70. The highest BCUT2D eigenvalue weighted by atomic mass is 19.1. The molecule has 186 valence electrons. The van der Waals surface area contributed by atoms with Crippen LogP contribution < -0.4 is 4.74 Å². The van der Waals surface area contributed by atoms with Gasteiger partial charge in [0.25, 0.3) is 0 Å². The highest BCUT2D eigenvalue weighted by molar-refractivity contribution is 6.08. The SMILES string of the molecule is CC(=O)c1cn(CCCN2CCCC3CC(O)(c4ccc(F)cc4)CC32)c2c(OCF)cccc12. The number of carbonyl (C=O) groups is 1. The van der Waals surface area contributed by atoms with Gasteiger partial charge in [0, 0.05) is 36.3 Å². The molecule has 1 aliphatic carbocycles. The Morgan fingerprint density at radius 3 is 2.71 bits per heavy atom. The van der Waals surface area contributed by atoms with Crippen molar-refractivity contribution in [1.29, 1.82) is 0 Å². The van der Waals surface area contributed by atoms with Crippen LogP contribution in [-0.4, -0.2) is 46.3 Å². The van der Waals surface area contributed by atoms with Crippen LogP contribution in [0.1, 0.15) is 54.9 Å². The molecule has 1 saturated heterocycles. The number of nitrogens with zero attached hydrogens (tertiary/aromatic N) is 2. The lowest BCUT2D eigenvalue weighted by Gasteiger charge is -2.37. The molecule has 3 atom stereocenters. The zero-order valence-electron chi connectivity index (χ0n) is 20.1. The van der Waals surface area contributed by atoms with Crippen molar-refractivity contribution in [3.05, 3.63) is 65.6 Å². The smallest absolute Gasteiger partial charge is 0.228 e. The zero-order valence-corrected chi connectivity index (χ0v) is 20.1. The number of Topliss-reactive ketones (excluding diaryl/α,β-unsaturated/α-hetero) is 1. The molecule has 0 radical (unpaired) electrons. The first-order valence-corrected chi connectivity index (χ1v) is 12.4. The van der Waals surface area contributed by atoms with Crippen LogP contribution in [0.15, 0.2) is 48.7 Å². The van der Waals surface area contributed by atoms with Gasteiger partial charge in [0.1, 0.15) is 11.6 Å². The monoisotopic (exact) mass is 482 g/mol. The van der Waals surface area contributed by atoms with E-state index in [1.54, 1.807) is 24.3 Å². The van der Waals surface area contributed by atoms with E-state index in [-0.39, 0.29) is 11.6 Å². The number of piperidine rings is 1. The largest absolute Gasteiger partial charge is 0.461 e. The minimum absolute atomic E-state index is 0.0314. The van der Waals surface area contributed by atoms with Crippen molar-refractivity contribution in [2.24, 2.45) is 5.92 Å². The molecule has 1 N–H and O–H groups in total. The Kier molecular flexibility index (Phi) is 6.64. The number of aryl methyl sites for hydroxylation is 1. The zero-order chi connectivity index (χ0) is 24.6. The number of halogens is 2. The second-order valence-electron chi connectivity index (χ2n) is 10.0. The van der Waals surface area contributed by atoms with Crippen LogP contribution in [-0.2, 0) is 12.1 Å². The van der Waals surface area contributed by atoms with Crippen molar-refractivity contribution >= 4 is 16.7 Å². The van der Waals surface area contributed by atoms with Crippen LogP contribution in [0, 0.1) is 11.7 Å². The molecule has 7 heteroatoms. The number of rotatable bonds is 8. The van der Waals surface area contributed by atoms with Crippen molar-refractivity contribution in [2.45, 2.75) is 57.2 Å². The number of carbonyl (C=O) groups excluding carboxylic acids is 1. The van der Waals surface area contributed by atoms with Gasteiger partial charge < -0.3 is 14.4 Å². The standard InChI is InChI=1S/C28H32F2N2O3/c1-19(33)24-17-32(27-23(24)6-2-7-26(27)35-18-29)14-4-13-31-12-3-5-20-15-28(34,16-25(20)31)21-8-10-22(30)11-9-21/h2,6-11,17,20,25,34H,3-5,12-16,18H2,1H3. The number of hydrogen-bond donors (Lipinski definition) is 1. The number of likely N-dealkylation sites (tertiary alicyclic amines) is 1. The van der Waals surface area contributed by atoms with E-state index in [1.165, 1.54) is 19.1 Å². The van der Waals surface area contributed by atoms with Gasteiger partial charge in [0.15, 0.2) is 5.78 Å². The molecule has 3 aromatic rings. The third-order valence-corrected chi connectivity index (χ3v) is 7.86. The molecule has 35 heavy (non-hydrogen) atoms. The number of benzene rings is 2. The van der Waals surface area contributed by atoms with Crippen LogP contribution in [0.5, 0.6) is 5.75 Å². The van der Waals surface area contributed by atoms with Crippen molar-refractivity contribution in [2.75, 3.05) is 20.0 Å². The van der Waals surface area contributed by atoms with Crippen LogP contribution in [0.2, 0.25) is 0 Å². The molecule has 5 nitrogen and oxygen atoms in total. The summed E-state index contributed by atoms with van der Waals surface area (Å²) in [5.74, 6) is 0.534. The van der Waals surface area contributed by atoms with Crippen molar-refractivity contribution in [3.8, 4) is 5.75 Å². The lowest BCUT2D eigenvalue weighted by molar-refractivity contribution is 0.0342. The molecule has 1 saturated carbocycles. The fraction of sp³-hybridized carbons (Fsp3) is 0.464. The van der Waals surface area contributed by atoms with Gasteiger partial charge in [-0.1, -0.05) is 24.3 Å². The maximum Gasteiger partial charge on any atom is 0.228 e. The number of ether oxygens (including phenoxy) is 1. The Balaban J connectivity index is 1.31. The molecule has 0 bridgehead atoms. The molecular formula is C28H32F2N2O3. The van der Waals surface area contributed by atoms with Gasteiger partial charge in [-0.2, -0.15) is 0 Å². The van der Waals surface area contributed by atoms with E-state index in [9.17, 15) is 18.7 Å². The summed E-state index contributed by atoms with van der Waals surface area (Å²) >= 11 is 0. The molecule has 2 heterocycles. The summed E-state index contributed by atoms with van der Waals surface area (Å²) in [4.78, 5) is 14.7. The summed E-state index contributed by atoms with van der Waals surface area (Å²) in [5, 5.41) is 12.2. The molecule has 0 amide bonds. The van der Waals surface area contributed by atoms with Crippen molar-refractivity contribution in [3.63, 3.8) is 0 Å². The Morgan fingerprint density at radius 1 is 1.17 bits per heavy atom. The number of fused-ring (bicyclic) bond motifs is 2. The van der Waals surface area contributed by atoms with Gasteiger partial charge in [-0.05, 0) is 75.3 Å². The highest BCUT2D eigenvalue weighted by Gasteiger charge is 2.48. The summed E-state index contributed by atoms with van der Waals surface area (Å²) < 4.78 is 33.6. The maximum absolute atomic E-state index is 13.4. The van der Waals surface area contributed by atoms with E-state index < -0.39 is 12.5 Å². The van der Waals surface area contributed by atoms with Crippen LogP contribution in [0.4, 0.5) is 8.78 Å². The number of aliphatic hydroxyl groups is 1. The molecule has 1 aromatic heterocycles. The van der Waals surface area contributed by atoms with Gasteiger partial charge in [0.2, 0.25) is 6.86 Å². The van der Waals surface area contributed by atoms with E-state index >= 15 is 0 Å². The second-order valence-corrected chi connectivity index (χ2v) is 10.0. The number of hydrogen-bond acceptors (Lipinski definition) is 4. The van der Waals surface area contributed by atoms with Crippen molar-refractivity contribution < 1.29 is 23.4 Å². The first-order valence-electron chi connectivity index (χ1n) is 12.4. The lowest BCUT2D eigenvalue weighted by atomic mass is 9.89.